The predicted octanol–water partition coefficient (Wildman–Crippen LogP) is 1.09. The Morgan fingerprint density at radius 1 is 1.19 bits per heavy atom. The number of nitrogens with zero attached hydrogens (tertiary/aromatic N) is 2. The first-order valence-electron chi connectivity index (χ1n) is 8.11. The molecule has 2 fully saturated rings. The average molecular weight is 295 g/mol. The molecule has 0 aliphatic carbocycles. The molecule has 0 aromatic heterocycles. The van der Waals surface area contributed by atoms with E-state index in [1.54, 1.807) is 0 Å². The van der Waals surface area contributed by atoms with Gasteiger partial charge in [-0.25, -0.2) is 0 Å². The van der Waals surface area contributed by atoms with Crippen LogP contribution in [-0.4, -0.2) is 60.4 Å². The van der Waals surface area contributed by atoms with Crippen LogP contribution in [0, 0.1) is 11.3 Å². The summed E-state index contributed by atoms with van der Waals surface area (Å²) in [4.78, 5) is 29.0. The van der Waals surface area contributed by atoms with Gasteiger partial charge < -0.3 is 15.1 Å². The van der Waals surface area contributed by atoms with Gasteiger partial charge in [0.2, 0.25) is 11.8 Å². The molecular formula is C16H29N3O2. The number of piperazine rings is 1. The number of amides is 2. The second-order valence-electron chi connectivity index (χ2n) is 7.43. The van der Waals surface area contributed by atoms with Gasteiger partial charge in [0.25, 0.3) is 0 Å². The molecule has 5 heteroatoms. The van der Waals surface area contributed by atoms with E-state index in [1.165, 1.54) is 0 Å². The quantitative estimate of drug-likeness (QED) is 0.788. The van der Waals surface area contributed by atoms with Crippen molar-refractivity contribution in [2.75, 3.05) is 32.7 Å². The van der Waals surface area contributed by atoms with Crippen molar-refractivity contribution in [2.24, 2.45) is 11.3 Å². The molecule has 2 rings (SSSR count). The van der Waals surface area contributed by atoms with E-state index in [1.807, 2.05) is 30.6 Å². The zero-order chi connectivity index (χ0) is 15.6. The minimum absolute atomic E-state index is 0.0226. The van der Waals surface area contributed by atoms with Gasteiger partial charge in [-0.15, -0.1) is 0 Å². The monoisotopic (exact) mass is 295 g/mol. The number of carbonyl (C=O) groups excluding carboxylic acids is 2. The smallest absolute Gasteiger partial charge is 0.227 e. The van der Waals surface area contributed by atoms with E-state index >= 15 is 0 Å². The Bertz CT molecular complexity index is 403. The molecular weight excluding hydrogens is 266 g/mol. The van der Waals surface area contributed by atoms with E-state index in [0.29, 0.717) is 6.54 Å². The Hall–Kier alpha value is -1.10. The van der Waals surface area contributed by atoms with Crippen molar-refractivity contribution in [1.82, 2.24) is 15.1 Å². The van der Waals surface area contributed by atoms with Gasteiger partial charge in [0, 0.05) is 44.2 Å². The van der Waals surface area contributed by atoms with Gasteiger partial charge >= 0.3 is 0 Å². The molecule has 0 saturated carbocycles. The predicted molar refractivity (Wildman–Crippen MR) is 82.8 cm³/mol. The lowest BCUT2D eigenvalue weighted by Crippen LogP contribution is -2.56. The Balaban J connectivity index is 2.00. The third kappa shape index (κ3) is 3.76. The zero-order valence-electron chi connectivity index (χ0n) is 13.8. The fraction of sp³-hybridized carbons (Fsp3) is 0.875. The second-order valence-corrected chi connectivity index (χ2v) is 7.43. The van der Waals surface area contributed by atoms with Crippen LogP contribution in [0.15, 0.2) is 0 Å². The van der Waals surface area contributed by atoms with Gasteiger partial charge in [0.15, 0.2) is 0 Å². The summed E-state index contributed by atoms with van der Waals surface area (Å²) in [5.74, 6) is 0.370. The molecule has 0 aromatic carbocycles. The molecule has 2 atom stereocenters. The maximum absolute atomic E-state index is 12.7. The average Bonchev–Trinajstić information content (AvgIpc) is 2.45. The molecule has 0 spiro atoms. The highest BCUT2D eigenvalue weighted by molar-refractivity contribution is 5.84. The van der Waals surface area contributed by atoms with Crippen molar-refractivity contribution in [3.63, 3.8) is 0 Å². The Kier molecular flexibility index (Phi) is 4.91. The standard InChI is InChI=1S/C16H29N3O2/c1-12-10-17-7-9-19(12)14(20)13-6-5-8-18(11-13)15(21)16(2,3)4/h12-13,17H,5-11H2,1-4H3. The largest absolute Gasteiger partial charge is 0.341 e. The normalized spacial score (nSPS) is 27.6. The molecule has 2 aliphatic heterocycles. The van der Waals surface area contributed by atoms with Gasteiger partial charge in [0.1, 0.15) is 0 Å². The van der Waals surface area contributed by atoms with Crippen molar-refractivity contribution >= 4 is 11.8 Å². The number of rotatable bonds is 1. The highest BCUT2D eigenvalue weighted by atomic mass is 16.2. The first-order valence-corrected chi connectivity index (χ1v) is 8.11. The van der Waals surface area contributed by atoms with Crippen LogP contribution in [0.5, 0.6) is 0 Å². The first-order chi connectivity index (χ1) is 9.80. The Labute approximate surface area is 128 Å². The maximum Gasteiger partial charge on any atom is 0.227 e. The van der Waals surface area contributed by atoms with E-state index in [9.17, 15) is 9.59 Å². The summed E-state index contributed by atoms with van der Waals surface area (Å²) in [6.45, 7) is 11.8. The fourth-order valence-corrected chi connectivity index (χ4v) is 3.24. The molecule has 2 amide bonds. The van der Waals surface area contributed by atoms with Gasteiger partial charge in [-0.1, -0.05) is 20.8 Å². The zero-order valence-corrected chi connectivity index (χ0v) is 13.8. The lowest BCUT2D eigenvalue weighted by Gasteiger charge is -2.40. The Morgan fingerprint density at radius 2 is 1.90 bits per heavy atom. The van der Waals surface area contributed by atoms with Crippen LogP contribution in [0.1, 0.15) is 40.5 Å². The molecule has 0 radical (unpaired) electrons. The van der Waals surface area contributed by atoms with E-state index in [2.05, 4.69) is 12.2 Å². The van der Waals surface area contributed by atoms with Crippen LogP contribution >= 0.6 is 0 Å². The van der Waals surface area contributed by atoms with Crippen LogP contribution in [0.3, 0.4) is 0 Å². The minimum Gasteiger partial charge on any atom is -0.341 e. The number of carbonyl (C=O) groups is 2. The molecule has 0 bridgehead atoms. The Morgan fingerprint density at radius 3 is 2.52 bits per heavy atom. The van der Waals surface area contributed by atoms with Crippen molar-refractivity contribution in [3.8, 4) is 0 Å². The van der Waals surface area contributed by atoms with Crippen LogP contribution < -0.4 is 5.32 Å². The molecule has 21 heavy (non-hydrogen) atoms. The van der Waals surface area contributed by atoms with Gasteiger partial charge in [-0.3, -0.25) is 9.59 Å². The molecule has 1 N–H and O–H groups in total. The van der Waals surface area contributed by atoms with E-state index in [-0.39, 0.29) is 29.2 Å². The number of hydrogen-bond acceptors (Lipinski definition) is 3. The second kappa shape index (κ2) is 6.34. The highest BCUT2D eigenvalue weighted by Gasteiger charge is 2.36. The topological polar surface area (TPSA) is 52.7 Å². The van der Waals surface area contributed by atoms with Crippen LogP contribution in [0.25, 0.3) is 0 Å². The van der Waals surface area contributed by atoms with E-state index < -0.39 is 0 Å². The number of piperidine rings is 1. The van der Waals surface area contributed by atoms with E-state index in [4.69, 9.17) is 0 Å². The van der Waals surface area contributed by atoms with Crippen molar-refractivity contribution < 1.29 is 9.59 Å². The number of nitrogens with one attached hydrogen (secondary N) is 1. The summed E-state index contributed by atoms with van der Waals surface area (Å²) in [6, 6.07) is 0.250. The first kappa shape index (κ1) is 16.3. The van der Waals surface area contributed by atoms with Crippen molar-refractivity contribution in [2.45, 2.75) is 46.6 Å². The summed E-state index contributed by atoms with van der Waals surface area (Å²) >= 11 is 0. The molecule has 2 heterocycles. The SMILES string of the molecule is CC1CNCCN1C(=O)C1CCCN(C(=O)C(C)(C)C)C1. The summed E-state index contributed by atoms with van der Waals surface area (Å²) in [7, 11) is 0. The number of hydrogen-bond donors (Lipinski definition) is 1. The summed E-state index contributed by atoms with van der Waals surface area (Å²) < 4.78 is 0. The molecule has 5 nitrogen and oxygen atoms in total. The minimum atomic E-state index is -0.368. The summed E-state index contributed by atoms with van der Waals surface area (Å²) in [6.07, 6.45) is 1.84. The fourth-order valence-electron chi connectivity index (χ4n) is 3.24. The summed E-state index contributed by atoms with van der Waals surface area (Å²) in [5.41, 5.74) is -0.368. The lowest BCUT2D eigenvalue weighted by molar-refractivity contribution is -0.146. The molecule has 2 aliphatic rings. The molecule has 2 saturated heterocycles. The van der Waals surface area contributed by atoms with Gasteiger partial charge in [0.05, 0.1) is 5.92 Å². The van der Waals surface area contributed by atoms with Gasteiger partial charge in [-0.2, -0.15) is 0 Å². The molecule has 120 valence electrons. The van der Waals surface area contributed by atoms with Crippen LogP contribution in [0.4, 0.5) is 0 Å². The van der Waals surface area contributed by atoms with Crippen LogP contribution in [0.2, 0.25) is 0 Å². The van der Waals surface area contributed by atoms with Gasteiger partial charge in [-0.05, 0) is 19.8 Å². The third-order valence-electron chi connectivity index (χ3n) is 4.48. The van der Waals surface area contributed by atoms with Crippen molar-refractivity contribution in [3.05, 3.63) is 0 Å². The highest BCUT2D eigenvalue weighted by Crippen LogP contribution is 2.25. The number of likely N-dealkylation sites (tertiary alicyclic amines) is 1. The lowest BCUT2D eigenvalue weighted by atomic mass is 9.90. The third-order valence-corrected chi connectivity index (χ3v) is 4.48. The van der Waals surface area contributed by atoms with E-state index in [0.717, 1.165) is 39.0 Å². The molecule has 2 unspecified atom stereocenters. The molecule has 0 aromatic rings. The summed E-state index contributed by atoms with van der Waals surface area (Å²) in [5, 5.41) is 3.31. The van der Waals surface area contributed by atoms with Crippen molar-refractivity contribution in [1.29, 1.82) is 0 Å². The van der Waals surface area contributed by atoms with Crippen LogP contribution in [-0.2, 0) is 9.59 Å². The maximum atomic E-state index is 12.7.